The first kappa shape index (κ1) is 16.1. The van der Waals surface area contributed by atoms with E-state index in [2.05, 4.69) is 21.2 Å². The Labute approximate surface area is 121 Å². The van der Waals surface area contributed by atoms with E-state index in [0.717, 1.165) is 10.2 Å². The van der Waals surface area contributed by atoms with Gasteiger partial charge in [0, 0.05) is 24.7 Å². The van der Waals surface area contributed by atoms with E-state index in [4.69, 9.17) is 9.84 Å². The van der Waals surface area contributed by atoms with Crippen LogP contribution in [0.3, 0.4) is 0 Å². The molecule has 19 heavy (non-hydrogen) atoms. The molecule has 0 aliphatic heterocycles. The fourth-order valence-electron chi connectivity index (χ4n) is 1.59. The van der Waals surface area contributed by atoms with Crippen LogP contribution in [0.2, 0.25) is 0 Å². The zero-order valence-electron chi connectivity index (χ0n) is 10.9. The number of amides is 1. The quantitative estimate of drug-likeness (QED) is 0.754. The lowest BCUT2D eigenvalue weighted by Gasteiger charge is -2.20. The largest absolute Gasteiger partial charge is 0.395 e. The lowest BCUT2D eigenvalue weighted by molar-refractivity contribution is -0.117. The van der Waals surface area contributed by atoms with E-state index in [1.165, 1.54) is 0 Å². The van der Waals surface area contributed by atoms with E-state index in [1.54, 1.807) is 7.11 Å². The van der Waals surface area contributed by atoms with E-state index >= 15 is 0 Å². The Balaban J connectivity index is 2.50. The minimum absolute atomic E-state index is 0.0199. The number of carbonyl (C=O) groups is 1. The lowest BCUT2D eigenvalue weighted by atomic mass is 10.3. The molecule has 6 heteroatoms. The van der Waals surface area contributed by atoms with Gasteiger partial charge in [-0.25, -0.2) is 0 Å². The zero-order chi connectivity index (χ0) is 14.1. The third kappa shape index (κ3) is 6.15. The van der Waals surface area contributed by atoms with Gasteiger partial charge in [0.05, 0.1) is 25.4 Å². The van der Waals surface area contributed by atoms with Crippen molar-refractivity contribution in [2.45, 2.75) is 0 Å². The van der Waals surface area contributed by atoms with Gasteiger partial charge in [-0.1, -0.05) is 12.1 Å². The summed E-state index contributed by atoms with van der Waals surface area (Å²) < 4.78 is 5.82. The maximum atomic E-state index is 11.9. The fraction of sp³-hybridized carbons (Fsp3) is 0.462. The monoisotopic (exact) mass is 330 g/mol. The molecule has 1 rings (SSSR count). The molecule has 0 saturated heterocycles. The van der Waals surface area contributed by atoms with Crippen LogP contribution in [0.25, 0.3) is 0 Å². The maximum absolute atomic E-state index is 11.9. The molecule has 5 nitrogen and oxygen atoms in total. The second-order valence-corrected chi connectivity index (χ2v) is 4.87. The van der Waals surface area contributed by atoms with Crippen molar-refractivity contribution < 1.29 is 14.6 Å². The van der Waals surface area contributed by atoms with Gasteiger partial charge in [0.2, 0.25) is 5.91 Å². The second-order valence-electron chi connectivity index (χ2n) is 4.02. The van der Waals surface area contributed by atoms with Crippen LogP contribution < -0.4 is 5.32 Å². The van der Waals surface area contributed by atoms with Crippen molar-refractivity contribution in [1.82, 2.24) is 4.90 Å². The van der Waals surface area contributed by atoms with Crippen molar-refractivity contribution in [3.63, 3.8) is 0 Å². The van der Waals surface area contributed by atoms with Crippen LogP contribution in [0.4, 0.5) is 5.69 Å². The fourth-order valence-corrected chi connectivity index (χ4v) is 1.97. The van der Waals surface area contributed by atoms with Gasteiger partial charge < -0.3 is 15.2 Å². The highest BCUT2D eigenvalue weighted by atomic mass is 79.9. The lowest BCUT2D eigenvalue weighted by Crippen LogP contribution is -2.37. The number of aliphatic hydroxyl groups is 1. The van der Waals surface area contributed by atoms with Gasteiger partial charge in [-0.05, 0) is 28.1 Å². The summed E-state index contributed by atoms with van der Waals surface area (Å²) in [6.07, 6.45) is 0. The zero-order valence-corrected chi connectivity index (χ0v) is 12.5. The minimum Gasteiger partial charge on any atom is -0.395 e. The average Bonchev–Trinajstić information content (AvgIpc) is 2.39. The second kappa shape index (κ2) is 9.03. The summed E-state index contributed by atoms with van der Waals surface area (Å²) in [4.78, 5) is 13.8. The molecule has 0 saturated carbocycles. The third-order valence-corrected chi connectivity index (χ3v) is 3.23. The van der Waals surface area contributed by atoms with Gasteiger partial charge in [-0.3, -0.25) is 9.69 Å². The van der Waals surface area contributed by atoms with E-state index in [1.807, 2.05) is 29.2 Å². The van der Waals surface area contributed by atoms with Crippen LogP contribution in [-0.2, 0) is 9.53 Å². The Kier molecular flexibility index (Phi) is 7.66. The van der Waals surface area contributed by atoms with E-state index in [-0.39, 0.29) is 19.1 Å². The van der Waals surface area contributed by atoms with E-state index < -0.39 is 0 Å². The molecule has 0 spiro atoms. The highest BCUT2D eigenvalue weighted by molar-refractivity contribution is 9.10. The molecule has 0 atom stereocenters. The van der Waals surface area contributed by atoms with Gasteiger partial charge in [0.15, 0.2) is 0 Å². The van der Waals surface area contributed by atoms with E-state index in [9.17, 15) is 4.79 Å². The predicted octanol–water partition coefficient (Wildman–Crippen LogP) is 1.33. The molecular weight excluding hydrogens is 312 g/mol. The van der Waals surface area contributed by atoms with Crippen LogP contribution in [0, 0.1) is 0 Å². The molecule has 0 fully saturated rings. The third-order valence-electron chi connectivity index (χ3n) is 2.54. The number of carbonyl (C=O) groups excluding carboxylic acids is 1. The normalized spacial score (nSPS) is 10.7. The number of para-hydroxylation sites is 1. The van der Waals surface area contributed by atoms with Gasteiger partial charge in [0.25, 0.3) is 0 Å². The van der Waals surface area contributed by atoms with Gasteiger partial charge in [-0.15, -0.1) is 0 Å². The summed E-state index contributed by atoms with van der Waals surface area (Å²) in [6, 6.07) is 7.44. The Hall–Kier alpha value is -0.950. The number of rotatable bonds is 8. The van der Waals surface area contributed by atoms with Gasteiger partial charge >= 0.3 is 0 Å². The van der Waals surface area contributed by atoms with E-state index in [0.29, 0.717) is 19.7 Å². The molecular formula is C13H19BrN2O3. The molecule has 0 aromatic heterocycles. The number of hydrogen-bond acceptors (Lipinski definition) is 4. The summed E-state index contributed by atoms with van der Waals surface area (Å²) in [7, 11) is 1.61. The smallest absolute Gasteiger partial charge is 0.238 e. The van der Waals surface area contributed by atoms with Gasteiger partial charge in [-0.2, -0.15) is 0 Å². The topological polar surface area (TPSA) is 61.8 Å². The first-order valence-electron chi connectivity index (χ1n) is 6.04. The SMILES string of the molecule is COCCN(CCO)CC(=O)Nc1ccccc1Br. The number of anilines is 1. The number of halogens is 1. The number of aliphatic hydroxyl groups excluding tert-OH is 1. The Morgan fingerprint density at radius 3 is 2.79 bits per heavy atom. The number of ether oxygens (including phenoxy) is 1. The highest BCUT2D eigenvalue weighted by Crippen LogP contribution is 2.20. The Morgan fingerprint density at radius 2 is 2.16 bits per heavy atom. The first-order chi connectivity index (χ1) is 9.17. The molecule has 0 aliphatic rings. The molecule has 0 heterocycles. The molecule has 1 aromatic carbocycles. The van der Waals surface area contributed by atoms with Crippen LogP contribution in [0.15, 0.2) is 28.7 Å². The predicted molar refractivity (Wildman–Crippen MR) is 78.2 cm³/mol. The minimum atomic E-state index is -0.114. The molecule has 0 aliphatic carbocycles. The van der Waals surface area contributed by atoms with Crippen LogP contribution >= 0.6 is 15.9 Å². The van der Waals surface area contributed by atoms with Gasteiger partial charge in [0.1, 0.15) is 0 Å². The number of benzene rings is 1. The summed E-state index contributed by atoms with van der Waals surface area (Å²) in [5, 5.41) is 11.8. The summed E-state index contributed by atoms with van der Waals surface area (Å²) in [5.74, 6) is -0.114. The molecule has 106 valence electrons. The van der Waals surface area contributed by atoms with Crippen molar-refractivity contribution in [3.8, 4) is 0 Å². The average molecular weight is 331 g/mol. The highest BCUT2D eigenvalue weighted by Gasteiger charge is 2.11. The Morgan fingerprint density at radius 1 is 1.42 bits per heavy atom. The summed E-state index contributed by atoms with van der Waals surface area (Å²) in [5.41, 5.74) is 0.739. The Bertz CT molecular complexity index is 401. The van der Waals surface area contributed by atoms with Crippen LogP contribution in [0.5, 0.6) is 0 Å². The van der Waals surface area contributed by atoms with Crippen LogP contribution in [-0.4, -0.2) is 55.9 Å². The van der Waals surface area contributed by atoms with Crippen molar-refractivity contribution in [2.24, 2.45) is 0 Å². The number of hydrogen-bond donors (Lipinski definition) is 2. The van der Waals surface area contributed by atoms with Crippen molar-refractivity contribution in [2.75, 3.05) is 45.3 Å². The molecule has 0 unspecified atom stereocenters. The molecule has 2 N–H and O–H groups in total. The molecule has 0 radical (unpaired) electrons. The van der Waals surface area contributed by atoms with Crippen molar-refractivity contribution in [1.29, 1.82) is 0 Å². The van der Waals surface area contributed by atoms with Crippen molar-refractivity contribution >= 4 is 27.5 Å². The number of methoxy groups -OCH3 is 1. The molecule has 1 amide bonds. The summed E-state index contributed by atoms with van der Waals surface area (Å²) in [6.45, 7) is 1.84. The van der Waals surface area contributed by atoms with Crippen molar-refractivity contribution in [3.05, 3.63) is 28.7 Å². The first-order valence-corrected chi connectivity index (χ1v) is 6.83. The summed E-state index contributed by atoms with van der Waals surface area (Å²) >= 11 is 3.38. The number of nitrogens with zero attached hydrogens (tertiary/aromatic N) is 1. The standard InChI is InChI=1S/C13H19BrN2O3/c1-19-9-7-16(6-8-17)10-13(18)15-12-5-3-2-4-11(12)14/h2-5,17H,6-10H2,1H3,(H,15,18). The molecule has 1 aromatic rings. The number of nitrogens with one attached hydrogen (secondary N) is 1. The maximum Gasteiger partial charge on any atom is 0.238 e. The molecule has 0 bridgehead atoms. The van der Waals surface area contributed by atoms with Crippen LogP contribution in [0.1, 0.15) is 0 Å².